The summed E-state index contributed by atoms with van der Waals surface area (Å²) in [5, 5.41) is 2.76. The summed E-state index contributed by atoms with van der Waals surface area (Å²) in [6.45, 7) is 4.17. The van der Waals surface area contributed by atoms with E-state index in [4.69, 9.17) is 4.74 Å². The number of morpholine rings is 1. The molecule has 1 aliphatic heterocycles. The van der Waals surface area contributed by atoms with E-state index in [2.05, 4.69) is 5.32 Å². The largest absolute Gasteiger partial charge is 0.375 e. The van der Waals surface area contributed by atoms with Crippen molar-refractivity contribution in [1.29, 1.82) is 0 Å². The second-order valence-electron chi connectivity index (χ2n) is 4.89. The van der Waals surface area contributed by atoms with Crippen LogP contribution >= 0.6 is 0 Å². The molecule has 1 atom stereocenters. The van der Waals surface area contributed by atoms with Gasteiger partial charge in [-0.05, 0) is 19.1 Å². The number of hydrogen-bond donors (Lipinski definition) is 1. The van der Waals surface area contributed by atoms with Crippen LogP contribution in [0.1, 0.15) is 23.7 Å². The first-order valence-corrected chi connectivity index (χ1v) is 6.89. The van der Waals surface area contributed by atoms with Crippen molar-refractivity contribution in [1.82, 2.24) is 10.2 Å². The molecule has 1 aromatic rings. The van der Waals surface area contributed by atoms with Gasteiger partial charge in [-0.2, -0.15) is 0 Å². The van der Waals surface area contributed by atoms with E-state index in [0.717, 1.165) is 0 Å². The lowest BCUT2D eigenvalue weighted by molar-refractivity contribution is -0.137. The van der Waals surface area contributed by atoms with Crippen molar-refractivity contribution in [2.45, 2.75) is 19.4 Å². The maximum absolute atomic E-state index is 12.0. The van der Waals surface area contributed by atoms with Crippen LogP contribution < -0.4 is 5.32 Å². The summed E-state index contributed by atoms with van der Waals surface area (Å²) < 4.78 is 5.40. The highest BCUT2D eigenvalue weighted by Crippen LogP contribution is 2.06. The molecule has 5 nitrogen and oxygen atoms in total. The van der Waals surface area contributed by atoms with E-state index in [9.17, 15) is 9.59 Å². The summed E-state index contributed by atoms with van der Waals surface area (Å²) in [7, 11) is 0. The molecule has 2 rings (SSSR count). The fourth-order valence-electron chi connectivity index (χ4n) is 2.18. The molecule has 108 valence electrons. The van der Waals surface area contributed by atoms with Gasteiger partial charge in [0.15, 0.2) is 0 Å². The fourth-order valence-corrected chi connectivity index (χ4v) is 2.18. The van der Waals surface area contributed by atoms with Crippen molar-refractivity contribution in [3.8, 4) is 0 Å². The van der Waals surface area contributed by atoms with Gasteiger partial charge in [0.05, 0.1) is 12.7 Å². The van der Waals surface area contributed by atoms with Crippen molar-refractivity contribution in [2.24, 2.45) is 0 Å². The number of nitrogens with one attached hydrogen (secondary N) is 1. The van der Waals surface area contributed by atoms with E-state index < -0.39 is 0 Å². The molecule has 20 heavy (non-hydrogen) atoms. The normalized spacial score (nSPS) is 18.6. The van der Waals surface area contributed by atoms with Gasteiger partial charge < -0.3 is 15.0 Å². The Kier molecular flexibility index (Phi) is 5.12. The Labute approximate surface area is 118 Å². The van der Waals surface area contributed by atoms with Crippen LogP contribution in [0.3, 0.4) is 0 Å². The predicted molar refractivity (Wildman–Crippen MR) is 75.4 cm³/mol. The van der Waals surface area contributed by atoms with Crippen molar-refractivity contribution in [2.75, 3.05) is 26.2 Å². The Morgan fingerprint density at radius 3 is 2.80 bits per heavy atom. The Bertz CT molecular complexity index is 461. The number of hydrogen-bond acceptors (Lipinski definition) is 3. The Hall–Kier alpha value is -1.88. The van der Waals surface area contributed by atoms with Gasteiger partial charge in [0.2, 0.25) is 5.91 Å². The van der Waals surface area contributed by atoms with Gasteiger partial charge >= 0.3 is 0 Å². The lowest BCUT2D eigenvalue weighted by Crippen LogP contribution is -2.45. The van der Waals surface area contributed by atoms with E-state index >= 15 is 0 Å². The quantitative estimate of drug-likeness (QED) is 0.894. The number of ether oxygens (including phenoxy) is 1. The minimum atomic E-state index is -0.145. The third-order valence-corrected chi connectivity index (χ3v) is 3.25. The molecule has 1 aromatic carbocycles. The molecule has 1 fully saturated rings. The zero-order chi connectivity index (χ0) is 14.4. The third kappa shape index (κ3) is 4.06. The number of carbonyl (C=O) groups is 2. The first-order valence-electron chi connectivity index (χ1n) is 6.89. The van der Waals surface area contributed by atoms with Gasteiger partial charge in [-0.15, -0.1) is 0 Å². The molecule has 1 aliphatic rings. The van der Waals surface area contributed by atoms with E-state index in [1.807, 2.05) is 25.1 Å². The van der Waals surface area contributed by atoms with Gasteiger partial charge in [-0.25, -0.2) is 0 Å². The van der Waals surface area contributed by atoms with E-state index in [0.29, 0.717) is 38.2 Å². The lowest BCUT2D eigenvalue weighted by Gasteiger charge is -2.31. The van der Waals surface area contributed by atoms with Crippen LogP contribution in [-0.2, 0) is 9.53 Å². The maximum atomic E-state index is 12.0. The van der Waals surface area contributed by atoms with E-state index in [-0.39, 0.29) is 17.9 Å². The molecule has 0 unspecified atom stereocenters. The molecule has 0 spiro atoms. The molecule has 0 saturated carbocycles. The van der Waals surface area contributed by atoms with Gasteiger partial charge in [0.25, 0.3) is 5.91 Å². The van der Waals surface area contributed by atoms with E-state index in [1.54, 1.807) is 17.0 Å². The van der Waals surface area contributed by atoms with E-state index in [1.165, 1.54) is 0 Å². The second kappa shape index (κ2) is 7.05. The molecule has 0 radical (unpaired) electrons. The van der Waals surface area contributed by atoms with Crippen LogP contribution in [0.25, 0.3) is 0 Å². The van der Waals surface area contributed by atoms with Crippen molar-refractivity contribution in [3.05, 3.63) is 35.9 Å². The van der Waals surface area contributed by atoms with Gasteiger partial charge in [-0.3, -0.25) is 9.59 Å². The summed E-state index contributed by atoms with van der Waals surface area (Å²) >= 11 is 0. The molecule has 1 heterocycles. The van der Waals surface area contributed by atoms with Crippen molar-refractivity contribution < 1.29 is 14.3 Å². The monoisotopic (exact) mass is 276 g/mol. The summed E-state index contributed by atoms with van der Waals surface area (Å²) in [5.74, 6) is -0.0812. The molecule has 5 heteroatoms. The lowest BCUT2D eigenvalue weighted by atomic mass is 10.2. The van der Waals surface area contributed by atoms with Crippen molar-refractivity contribution >= 4 is 11.8 Å². The maximum Gasteiger partial charge on any atom is 0.251 e. The number of nitrogens with zero attached hydrogens (tertiary/aromatic N) is 1. The van der Waals surface area contributed by atoms with Gasteiger partial charge in [0, 0.05) is 31.6 Å². The van der Waals surface area contributed by atoms with Crippen molar-refractivity contribution in [3.63, 3.8) is 0 Å². The smallest absolute Gasteiger partial charge is 0.251 e. The zero-order valence-corrected chi connectivity index (χ0v) is 11.7. The third-order valence-electron chi connectivity index (χ3n) is 3.25. The van der Waals surface area contributed by atoms with Gasteiger partial charge in [0.1, 0.15) is 0 Å². The highest BCUT2D eigenvalue weighted by Gasteiger charge is 2.20. The fraction of sp³-hybridized carbons (Fsp3) is 0.467. The highest BCUT2D eigenvalue weighted by molar-refractivity contribution is 5.94. The second-order valence-corrected chi connectivity index (χ2v) is 4.89. The number of rotatable bonds is 4. The molecular formula is C15H20N2O3. The number of amides is 2. The molecule has 0 aliphatic carbocycles. The molecule has 1 saturated heterocycles. The van der Waals surface area contributed by atoms with Crippen LogP contribution in [0.15, 0.2) is 30.3 Å². The Morgan fingerprint density at radius 1 is 1.35 bits per heavy atom. The molecule has 0 aromatic heterocycles. The van der Waals surface area contributed by atoms with Crippen LogP contribution in [0.4, 0.5) is 0 Å². The van der Waals surface area contributed by atoms with Crippen LogP contribution in [0, 0.1) is 0 Å². The summed E-state index contributed by atoms with van der Waals surface area (Å²) in [5.41, 5.74) is 0.611. The summed E-state index contributed by atoms with van der Waals surface area (Å²) in [6.07, 6.45) is 0.414. The minimum absolute atomic E-state index is 0.0634. The zero-order valence-electron chi connectivity index (χ0n) is 11.7. The standard InChI is InChI=1S/C15H20N2O3/c1-12-11-17(9-10-20-12)14(18)7-8-16-15(19)13-5-3-2-4-6-13/h2-6,12H,7-11H2,1H3,(H,16,19)/t12-/m1/s1. The number of benzene rings is 1. The summed E-state index contributed by atoms with van der Waals surface area (Å²) in [6, 6.07) is 8.99. The minimum Gasteiger partial charge on any atom is -0.375 e. The van der Waals surface area contributed by atoms with Gasteiger partial charge in [-0.1, -0.05) is 18.2 Å². The first kappa shape index (κ1) is 14.5. The topological polar surface area (TPSA) is 58.6 Å². The molecule has 0 bridgehead atoms. The predicted octanol–water partition coefficient (Wildman–Crippen LogP) is 1.05. The van der Waals surface area contributed by atoms with Crippen LogP contribution in [0.2, 0.25) is 0 Å². The number of carbonyl (C=O) groups excluding carboxylic acids is 2. The average Bonchev–Trinajstić information content (AvgIpc) is 2.48. The van der Waals surface area contributed by atoms with Crippen LogP contribution in [-0.4, -0.2) is 49.1 Å². The molecule has 2 amide bonds. The summed E-state index contributed by atoms with van der Waals surface area (Å²) in [4.78, 5) is 25.6. The first-order chi connectivity index (χ1) is 9.66. The Morgan fingerprint density at radius 2 is 2.10 bits per heavy atom. The van der Waals surface area contributed by atoms with Crippen LogP contribution in [0.5, 0.6) is 0 Å². The molecule has 1 N–H and O–H groups in total. The SMILES string of the molecule is C[C@@H]1CN(C(=O)CCNC(=O)c2ccccc2)CCO1. The Balaban J connectivity index is 1.73. The highest BCUT2D eigenvalue weighted by atomic mass is 16.5. The molecular weight excluding hydrogens is 256 g/mol. The average molecular weight is 276 g/mol.